The molecule has 0 aromatic carbocycles. The second-order valence-electron chi connectivity index (χ2n) is 7.40. The molecule has 0 radical (unpaired) electrons. The minimum Gasteiger partial charge on any atom is -0.381 e. The Kier molecular flexibility index (Phi) is 5.08. The average Bonchev–Trinajstić information content (AvgIpc) is 2.80. The molecule has 0 bridgehead atoms. The van der Waals surface area contributed by atoms with Crippen molar-refractivity contribution in [1.82, 2.24) is 25.4 Å². The number of rotatable bonds is 4. The predicted molar refractivity (Wildman–Crippen MR) is 93.9 cm³/mol. The van der Waals surface area contributed by atoms with Crippen molar-refractivity contribution in [2.75, 3.05) is 14.2 Å². The third kappa shape index (κ3) is 3.27. The van der Waals surface area contributed by atoms with Crippen LogP contribution >= 0.6 is 0 Å². The van der Waals surface area contributed by atoms with Crippen LogP contribution in [0.2, 0.25) is 0 Å². The lowest BCUT2D eigenvalue weighted by Crippen LogP contribution is -2.63. The second-order valence-corrected chi connectivity index (χ2v) is 7.40. The number of hydrogen-bond acceptors (Lipinski definition) is 4. The molecule has 24 heavy (non-hydrogen) atoms. The first-order valence-electron chi connectivity index (χ1n) is 8.97. The topological polar surface area (TPSA) is 76.4 Å². The smallest absolute Gasteiger partial charge is 0.191 e. The van der Waals surface area contributed by atoms with Crippen molar-refractivity contribution in [2.45, 2.75) is 71.2 Å². The maximum atomic E-state index is 5.52. The van der Waals surface area contributed by atoms with E-state index in [0.29, 0.717) is 18.7 Å². The highest BCUT2D eigenvalue weighted by Crippen LogP contribution is 2.42. The third-order valence-corrected chi connectivity index (χ3v) is 5.60. The van der Waals surface area contributed by atoms with E-state index in [2.05, 4.69) is 44.2 Å². The van der Waals surface area contributed by atoms with Crippen molar-refractivity contribution in [3.63, 3.8) is 0 Å². The van der Waals surface area contributed by atoms with Crippen LogP contribution in [0.25, 0.3) is 0 Å². The Morgan fingerprint density at radius 1 is 1.33 bits per heavy atom. The van der Waals surface area contributed by atoms with Crippen LogP contribution in [0.15, 0.2) is 4.99 Å². The van der Waals surface area contributed by atoms with Crippen LogP contribution in [0.1, 0.15) is 51.2 Å². The van der Waals surface area contributed by atoms with Gasteiger partial charge in [-0.05, 0) is 19.3 Å². The zero-order valence-corrected chi connectivity index (χ0v) is 15.3. The summed E-state index contributed by atoms with van der Waals surface area (Å²) in [5, 5.41) is 15.6. The van der Waals surface area contributed by atoms with Crippen molar-refractivity contribution in [3.8, 4) is 0 Å². The monoisotopic (exact) mass is 334 g/mol. The average molecular weight is 334 g/mol. The molecule has 134 valence electrons. The number of ether oxygens (including phenoxy) is 1. The van der Waals surface area contributed by atoms with Gasteiger partial charge < -0.3 is 19.9 Å². The molecule has 1 aromatic heterocycles. The van der Waals surface area contributed by atoms with Gasteiger partial charge in [0, 0.05) is 38.6 Å². The summed E-state index contributed by atoms with van der Waals surface area (Å²) in [6, 6.07) is 0.365. The summed E-state index contributed by atoms with van der Waals surface area (Å²) in [7, 11) is 3.59. The maximum Gasteiger partial charge on any atom is 0.191 e. The minimum absolute atomic E-state index is 0.109. The lowest BCUT2D eigenvalue weighted by molar-refractivity contribution is -0.0922. The van der Waals surface area contributed by atoms with E-state index in [1.54, 1.807) is 14.2 Å². The van der Waals surface area contributed by atoms with Gasteiger partial charge in [-0.3, -0.25) is 4.99 Å². The van der Waals surface area contributed by atoms with Crippen LogP contribution in [0, 0.1) is 5.41 Å². The molecular formula is C17H30N6O. The lowest BCUT2D eigenvalue weighted by Gasteiger charge is -2.51. The van der Waals surface area contributed by atoms with Gasteiger partial charge in [-0.1, -0.05) is 20.3 Å². The van der Waals surface area contributed by atoms with Crippen LogP contribution in [-0.4, -0.2) is 47.0 Å². The minimum atomic E-state index is 0.109. The zero-order valence-electron chi connectivity index (χ0n) is 15.3. The van der Waals surface area contributed by atoms with Crippen LogP contribution in [0.5, 0.6) is 0 Å². The molecule has 2 N–H and O–H groups in total. The largest absolute Gasteiger partial charge is 0.381 e. The number of hydrogen-bond donors (Lipinski definition) is 2. The van der Waals surface area contributed by atoms with Gasteiger partial charge in [-0.2, -0.15) is 0 Å². The molecule has 1 saturated carbocycles. The van der Waals surface area contributed by atoms with Gasteiger partial charge in [0.25, 0.3) is 0 Å². The van der Waals surface area contributed by atoms with Gasteiger partial charge in [0.2, 0.25) is 0 Å². The molecule has 2 heterocycles. The predicted octanol–water partition coefficient (Wildman–Crippen LogP) is 1.48. The SMILES string of the molecule is CN=C(NCc1nnc2n1CCCCC2)NC1CC(OC)C1(C)C. The molecular weight excluding hydrogens is 304 g/mol. The number of fused-ring (bicyclic) bond motifs is 1. The summed E-state index contributed by atoms with van der Waals surface area (Å²) < 4.78 is 7.78. The molecule has 1 fully saturated rings. The van der Waals surface area contributed by atoms with Gasteiger partial charge >= 0.3 is 0 Å². The Bertz CT molecular complexity index is 594. The summed E-state index contributed by atoms with van der Waals surface area (Å²) in [4.78, 5) is 4.35. The number of aryl methyl sites for hydroxylation is 1. The molecule has 0 spiro atoms. The van der Waals surface area contributed by atoms with E-state index in [4.69, 9.17) is 4.74 Å². The first kappa shape index (κ1) is 17.2. The molecule has 2 aliphatic rings. The molecule has 7 nitrogen and oxygen atoms in total. The molecule has 1 aliphatic carbocycles. The molecule has 7 heteroatoms. The van der Waals surface area contributed by atoms with E-state index in [1.165, 1.54) is 19.3 Å². The van der Waals surface area contributed by atoms with Crippen molar-refractivity contribution in [2.24, 2.45) is 10.4 Å². The fourth-order valence-corrected chi connectivity index (χ4v) is 3.73. The fourth-order valence-electron chi connectivity index (χ4n) is 3.73. The van der Waals surface area contributed by atoms with Gasteiger partial charge in [-0.15, -0.1) is 10.2 Å². The first-order valence-corrected chi connectivity index (χ1v) is 8.97. The number of aliphatic imine (C=N–C) groups is 1. The Morgan fingerprint density at radius 2 is 2.17 bits per heavy atom. The molecule has 3 rings (SSSR count). The van der Waals surface area contributed by atoms with Crippen LogP contribution in [-0.2, 0) is 24.2 Å². The number of nitrogens with zero attached hydrogens (tertiary/aromatic N) is 4. The normalized spacial score (nSPS) is 26.2. The van der Waals surface area contributed by atoms with E-state index in [9.17, 15) is 0 Å². The highest BCUT2D eigenvalue weighted by Gasteiger charge is 2.48. The molecule has 1 aromatic rings. The van der Waals surface area contributed by atoms with Crippen molar-refractivity contribution >= 4 is 5.96 Å². The summed E-state index contributed by atoms with van der Waals surface area (Å²) >= 11 is 0. The van der Waals surface area contributed by atoms with E-state index in [-0.39, 0.29) is 5.41 Å². The van der Waals surface area contributed by atoms with Crippen LogP contribution in [0.4, 0.5) is 0 Å². The highest BCUT2D eigenvalue weighted by atomic mass is 16.5. The Morgan fingerprint density at radius 3 is 2.88 bits per heavy atom. The zero-order chi connectivity index (χ0) is 17.2. The Balaban J connectivity index is 1.57. The van der Waals surface area contributed by atoms with Crippen molar-refractivity contribution in [3.05, 3.63) is 11.6 Å². The van der Waals surface area contributed by atoms with Gasteiger partial charge in [0.05, 0.1) is 12.6 Å². The van der Waals surface area contributed by atoms with Crippen molar-refractivity contribution < 1.29 is 4.74 Å². The molecule has 0 amide bonds. The van der Waals surface area contributed by atoms with Gasteiger partial charge in [-0.25, -0.2) is 0 Å². The van der Waals surface area contributed by atoms with Gasteiger partial charge in [0.15, 0.2) is 11.8 Å². The number of methoxy groups -OCH3 is 1. The second kappa shape index (κ2) is 7.09. The fraction of sp³-hybridized carbons (Fsp3) is 0.824. The standard InChI is InChI=1S/C17H30N6O/c1-17(2)12(10-13(17)24-4)20-16(18-3)19-11-15-22-21-14-8-6-5-7-9-23(14)15/h12-13H,5-11H2,1-4H3,(H2,18,19,20). The summed E-state index contributed by atoms with van der Waals surface area (Å²) in [5.74, 6) is 2.93. The molecule has 0 saturated heterocycles. The Hall–Kier alpha value is -1.63. The first-order chi connectivity index (χ1) is 11.6. The summed E-state index contributed by atoms with van der Waals surface area (Å²) in [5.41, 5.74) is 0.109. The summed E-state index contributed by atoms with van der Waals surface area (Å²) in [6.45, 7) is 6.13. The maximum absolute atomic E-state index is 5.52. The molecule has 2 unspecified atom stereocenters. The molecule has 1 aliphatic heterocycles. The van der Waals surface area contributed by atoms with Crippen LogP contribution in [0.3, 0.4) is 0 Å². The van der Waals surface area contributed by atoms with Crippen molar-refractivity contribution in [1.29, 1.82) is 0 Å². The Labute approximate surface area is 144 Å². The van der Waals surface area contributed by atoms with E-state index >= 15 is 0 Å². The van der Waals surface area contributed by atoms with Gasteiger partial charge in [0.1, 0.15) is 5.82 Å². The number of guanidine groups is 1. The van der Waals surface area contributed by atoms with E-state index in [1.807, 2.05) is 0 Å². The van der Waals surface area contributed by atoms with E-state index < -0.39 is 0 Å². The van der Waals surface area contributed by atoms with Crippen LogP contribution < -0.4 is 10.6 Å². The van der Waals surface area contributed by atoms with E-state index in [0.717, 1.165) is 37.0 Å². The third-order valence-electron chi connectivity index (χ3n) is 5.60. The molecule has 2 atom stereocenters. The highest BCUT2D eigenvalue weighted by molar-refractivity contribution is 5.80. The number of aromatic nitrogens is 3. The summed E-state index contributed by atoms with van der Waals surface area (Å²) in [6.07, 6.45) is 6.04. The number of nitrogens with one attached hydrogen (secondary N) is 2. The quantitative estimate of drug-likeness (QED) is 0.644. The lowest BCUT2D eigenvalue weighted by atomic mass is 9.64.